The van der Waals surface area contributed by atoms with Gasteiger partial charge in [0.15, 0.2) is 0 Å². The number of amides is 2. The number of nitrogens with one attached hydrogen (secondary N) is 2. The fraction of sp³-hybridized carbons (Fsp3) is 0.220. The van der Waals surface area contributed by atoms with E-state index in [1.54, 1.807) is 23.0 Å². The topological polar surface area (TPSA) is 106 Å². The molecular weight excluding hydrogens is 638 g/mol. The minimum atomic E-state index is -0.634. The van der Waals surface area contributed by atoms with Crippen LogP contribution in [-0.4, -0.2) is 57.9 Å². The van der Waals surface area contributed by atoms with Gasteiger partial charge < -0.3 is 19.7 Å². The van der Waals surface area contributed by atoms with Crippen LogP contribution in [0.2, 0.25) is 0 Å². The second-order valence-corrected chi connectivity index (χ2v) is 13.1. The number of hydrogen-bond acceptors (Lipinski definition) is 7. The molecule has 4 aromatic carbocycles. The van der Waals surface area contributed by atoms with Crippen molar-refractivity contribution in [2.24, 2.45) is 0 Å². The summed E-state index contributed by atoms with van der Waals surface area (Å²) in [5.74, 6) is 5.72. The van der Waals surface area contributed by atoms with Crippen molar-refractivity contribution in [1.29, 1.82) is 0 Å². The van der Waals surface area contributed by atoms with E-state index in [0.717, 1.165) is 39.9 Å². The van der Waals surface area contributed by atoms with Gasteiger partial charge in [0.25, 0.3) is 0 Å². The summed E-state index contributed by atoms with van der Waals surface area (Å²) in [5.41, 5.74) is 3.59. The highest BCUT2D eigenvalue weighted by atomic mass is 16.5. The maximum atomic E-state index is 13.5. The molecule has 51 heavy (non-hydrogen) atoms. The average Bonchev–Trinajstić information content (AvgIpc) is 3.54. The number of aryl methyl sites for hydroxylation is 1. The second kappa shape index (κ2) is 15.2. The third kappa shape index (κ3) is 8.52. The van der Waals surface area contributed by atoms with Crippen LogP contribution in [0.5, 0.6) is 17.4 Å². The average molecular weight is 680 g/mol. The number of fused-ring (bicyclic) bond motifs is 1. The fourth-order valence-corrected chi connectivity index (χ4v) is 5.38. The van der Waals surface area contributed by atoms with Crippen LogP contribution in [0.3, 0.4) is 0 Å². The minimum absolute atomic E-state index is 0.414. The van der Waals surface area contributed by atoms with Gasteiger partial charge in [0.1, 0.15) is 29.7 Å². The van der Waals surface area contributed by atoms with Gasteiger partial charge in [-0.25, -0.2) is 14.5 Å². The largest absolute Gasteiger partial charge is 0.492 e. The van der Waals surface area contributed by atoms with Gasteiger partial charge in [-0.2, -0.15) is 10.1 Å². The Hall–Kier alpha value is -6.18. The maximum Gasteiger partial charge on any atom is 0.324 e. The molecule has 0 aliphatic rings. The number of likely N-dealkylation sites (N-methyl/N-ethyl adjacent to an activating group) is 1. The Labute approximate surface area is 298 Å². The number of carbonyl (C=O) groups is 1. The molecule has 2 heterocycles. The summed E-state index contributed by atoms with van der Waals surface area (Å²) < 4.78 is 13.9. The van der Waals surface area contributed by atoms with Crippen LogP contribution in [0.4, 0.5) is 16.3 Å². The molecule has 0 atom stereocenters. The predicted molar refractivity (Wildman–Crippen MR) is 202 cm³/mol. The van der Waals surface area contributed by atoms with Crippen LogP contribution in [0, 0.1) is 19.3 Å². The molecule has 10 nitrogen and oxygen atoms in total. The van der Waals surface area contributed by atoms with Crippen LogP contribution in [-0.2, 0) is 11.8 Å². The Bertz CT molecular complexity index is 2200. The third-order valence-electron chi connectivity index (χ3n) is 8.33. The molecular formula is C41H41N7O3. The molecule has 6 aromatic rings. The minimum Gasteiger partial charge on any atom is -0.492 e. The van der Waals surface area contributed by atoms with Crippen molar-refractivity contribution in [2.75, 3.05) is 37.9 Å². The number of carbonyl (C=O) groups excluding carboxylic acids is 1. The molecule has 0 unspecified atom stereocenters. The van der Waals surface area contributed by atoms with Gasteiger partial charge in [0.05, 0.1) is 22.5 Å². The standard InChI is InChI=1S/C41H41N7O3/c1-7-41(3,4)36-27-38(48(46-36)30-17-15-28(2)16-18-30)45-40(49)43-34-19-20-35(33-14-9-8-13-32(33)34)51-39-21-22-42-37(44-39)26-29-11-10-12-31(25-29)50-24-23-47(5)6/h1,8-22,25,27H,23-24,26H2,2-6H3,(H2,43,45,49). The molecule has 258 valence electrons. The van der Waals surface area contributed by atoms with Crippen molar-refractivity contribution in [2.45, 2.75) is 32.6 Å². The summed E-state index contributed by atoms with van der Waals surface area (Å²) in [7, 11) is 4.03. The van der Waals surface area contributed by atoms with Crippen molar-refractivity contribution in [3.8, 4) is 35.4 Å². The van der Waals surface area contributed by atoms with E-state index < -0.39 is 11.4 Å². The van der Waals surface area contributed by atoms with E-state index in [9.17, 15) is 4.79 Å². The molecule has 10 heteroatoms. The summed E-state index contributed by atoms with van der Waals surface area (Å²) in [6.07, 6.45) is 8.02. The quantitative estimate of drug-likeness (QED) is 0.126. The van der Waals surface area contributed by atoms with Gasteiger partial charge in [-0.3, -0.25) is 5.32 Å². The monoisotopic (exact) mass is 679 g/mol. The van der Waals surface area contributed by atoms with Crippen LogP contribution in [0.1, 0.15) is 36.5 Å². The zero-order chi connectivity index (χ0) is 36.0. The van der Waals surface area contributed by atoms with Crippen molar-refractivity contribution >= 4 is 28.3 Å². The Morgan fingerprint density at radius 1 is 0.941 bits per heavy atom. The highest BCUT2D eigenvalue weighted by Crippen LogP contribution is 2.34. The lowest BCUT2D eigenvalue weighted by Crippen LogP contribution is -2.21. The number of terminal acetylenes is 1. The molecule has 0 aliphatic heterocycles. The molecule has 0 saturated carbocycles. The lowest BCUT2D eigenvalue weighted by molar-refractivity contribution is 0.261. The highest BCUT2D eigenvalue weighted by molar-refractivity contribution is 6.07. The SMILES string of the molecule is C#CC(C)(C)c1cc(NC(=O)Nc2ccc(Oc3ccnc(Cc4cccc(OCCN(C)C)c4)n3)c3ccccc23)n(-c2ccc(C)cc2)n1. The molecule has 2 N–H and O–H groups in total. The first kappa shape index (κ1) is 34.7. The van der Waals surface area contributed by atoms with Crippen molar-refractivity contribution in [1.82, 2.24) is 24.6 Å². The van der Waals surface area contributed by atoms with Gasteiger partial charge in [0.2, 0.25) is 5.88 Å². The van der Waals surface area contributed by atoms with Crippen LogP contribution in [0.25, 0.3) is 16.5 Å². The van der Waals surface area contributed by atoms with Gasteiger partial charge in [-0.05, 0) is 76.8 Å². The lowest BCUT2D eigenvalue weighted by Gasteiger charge is -2.14. The molecule has 0 spiro atoms. The molecule has 0 fully saturated rings. The van der Waals surface area contributed by atoms with Crippen molar-refractivity contribution < 1.29 is 14.3 Å². The zero-order valence-corrected chi connectivity index (χ0v) is 29.5. The molecule has 2 aromatic heterocycles. The number of hydrogen-bond donors (Lipinski definition) is 2. The van der Waals surface area contributed by atoms with Crippen LogP contribution in [0.15, 0.2) is 103 Å². The summed E-state index contributed by atoms with van der Waals surface area (Å²) in [5, 5.41) is 12.3. The van der Waals surface area contributed by atoms with Gasteiger partial charge in [-0.15, -0.1) is 6.42 Å². The molecule has 0 aliphatic carbocycles. The van der Waals surface area contributed by atoms with Crippen molar-refractivity contribution in [3.63, 3.8) is 0 Å². The summed E-state index contributed by atoms with van der Waals surface area (Å²) in [6.45, 7) is 7.29. The first-order valence-corrected chi connectivity index (χ1v) is 16.7. The number of nitrogens with zero attached hydrogens (tertiary/aromatic N) is 5. The van der Waals surface area contributed by atoms with E-state index in [0.29, 0.717) is 47.7 Å². The van der Waals surface area contributed by atoms with E-state index in [4.69, 9.17) is 21.0 Å². The van der Waals surface area contributed by atoms with Crippen LogP contribution < -0.4 is 20.1 Å². The van der Waals surface area contributed by atoms with E-state index >= 15 is 0 Å². The second-order valence-electron chi connectivity index (χ2n) is 13.1. The molecule has 0 saturated heterocycles. The lowest BCUT2D eigenvalue weighted by atomic mass is 9.91. The van der Waals surface area contributed by atoms with E-state index in [2.05, 4.69) is 31.4 Å². The predicted octanol–water partition coefficient (Wildman–Crippen LogP) is 8.00. The number of anilines is 2. The Kier molecular flexibility index (Phi) is 10.3. The highest BCUT2D eigenvalue weighted by Gasteiger charge is 2.24. The zero-order valence-electron chi connectivity index (χ0n) is 29.5. The molecule has 0 bridgehead atoms. The van der Waals surface area contributed by atoms with E-state index in [1.165, 1.54) is 0 Å². The third-order valence-corrected chi connectivity index (χ3v) is 8.33. The van der Waals surface area contributed by atoms with Crippen LogP contribution >= 0.6 is 0 Å². The summed E-state index contributed by atoms with van der Waals surface area (Å²) >= 11 is 0. The number of benzene rings is 4. The molecule has 2 amide bonds. The van der Waals surface area contributed by atoms with Gasteiger partial charge in [-0.1, -0.05) is 60.0 Å². The van der Waals surface area contributed by atoms with Gasteiger partial charge in [0, 0.05) is 42.1 Å². The number of rotatable bonds is 12. The molecule has 0 radical (unpaired) electrons. The Morgan fingerprint density at radius 2 is 1.73 bits per heavy atom. The first-order chi connectivity index (χ1) is 24.6. The summed E-state index contributed by atoms with van der Waals surface area (Å²) in [4.78, 5) is 24.7. The summed E-state index contributed by atoms with van der Waals surface area (Å²) in [6, 6.07) is 30.3. The maximum absolute atomic E-state index is 13.5. The van der Waals surface area contributed by atoms with E-state index in [1.807, 2.05) is 120 Å². The Morgan fingerprint density at radius 3 is 2.49 bits per heavy atom. The first-order valence-electron chi connectivity index (χ1n) is 16.7. The Balaban J connectivity index is 1.19. The normalized spacial score (nSPS) is 11.3. The number of urea groups is 1. The van der Waals surface area contributed by atoms with E-state index in [-0.39, 0.29) is 0 Å². The smallest absolute Gasteiger partial charge is 0.324 e. The van der Waals surface area contributed by atoms with Crippen molar-refractivity contribution in [3.05, 3.63) is 126 Å². The molecule has 6 rings (SSSR count). The number of aromatic nitrogens is 4. The number of ether oxygens (including phenoxy) is 2. The van der Waals surface area contributed by atoms with Gasteiger partial charge >= 0.3 is 6.03 Å². The fourth-order valence-electron chi connectivity index (χ4n) is 5.38.